The van der Waals surface area contributed by atoms with Crippen LogP contribution in [0.1, 0.15) is 61.8 Å². The Morgan fingerprint density at radius 3 is 2.50 bits per heavy atom. The summed E-state index contributed by atoms with van der Waals surface area (Å²) in [5, 5.41) is 15.9. The minimum atomic E-state index is -4.83. The summed E-state index contributed by atoms with van der Waals surface area (Å²) in [5.41, 5.74) is 3.65. The molecule has 16 heteroatoms. The molecular formula is C28H32BrF3N6O6. The van der Waals surface area contributed by atoms with E-state index in [4.69, 9.17) is 18.9 Å². The Balaban J connectivity index is 1.52. The number of benzene rings is 1. The first-order valence-corrected chi connectivity index (χ1v) is 14.5. The standard InChI is InChI=1S/C28H32BrF3N6O6/c1-13-16(29)11-17(23(33-13)28(30,31)32)38-24(34-14(2)37-38)22-20(39)19(35-36-26(40)44-27(3,4)5)21-18(42-22)12-41-25(43-21)15-9-7-6-8-10-15/h6-11,18-22,25,35,39H,12H2,1-5H3,(H,36,40)/t18-,19-,20-,21+,22-,25?/m1/s1. The van der Waals surface area contributed by atoms with Crippen molar-refractivity contribution >= 4 is 22.0 Å². The van der Waals surface area contributed by atoms with E-state index >= 15 is 0 Å². The molecule has 1 aromatic carbocycles. The number of ether oxygens (including phenoxy) is 4. The molecule has 2 saturated heterocycles. The second-order valence-electron chi connectivity index (χ2n) is 11.4. The Bertz CT molecular complexity index is 1500. The molecule has 2 aromatic heterocycles. The number of rotatable bonds is 5. The molecule has 3 aromatic rings. The highest BCUT2D eigenvalue weighted by molar-refractivity contribution is 9.10. The van der Waals surface area contributed by atoms with Crippen LogP contribution >= 0.6 is 15.9 Å². The number of hydrazine groups is 1. The fourth-order valence-electron chi connectivity index (χ4n) is 4.98. The number of fused-ring (bicyclic) bond motifs is 1. The van der Waals surface area contributed by atoms with E-state index in [0.717, 1.165) is 4.68 Å². The predicted octanol–water partition coefficient (Wildman–Crippen LogP) is 4.37. The van der Waals surface area contributed by atoms with Crippen molar-refractivity contribution in [2.45, 2.75) is 83.1 Å². The number of alkyl halides is 3. The Morgan fingerprint density at radius 1 is 1.14 bits per heavy atom. The average Bonchev–Trinajstić information content (AvgIpc) is 3.33. The number of halogens is 4. The van der Waals surface area contributed by atoms with Crippen molar-refractivity contribution < 1.29 is 42.0 Å². The number of nitrogens with one attached hydrogen (secondary N) is 2. The van der Waals surface area contributed by atoms with E-state index in [0.29, 0.717) is 10.0 Å². The SMILES string of the molecule is Cc1nc([C@@H]2O[C@@H]3COC(c4ccccc4)O[C@@H]3[C@H](NNC(=O)OC(C)(C)C)[C@H]2O)n(-c2cc(Br)c(C)nc2C(F)(F)F)n1. The van der Waals surface area contributed by atoms with Gasteiger partial charge in [-0.25, -0.2) is 24.9 Å². The number of pyridine rings is 1. The minimum Gasteiger partial charge on any atom is -0.443 e. The fourth-order valence-corrected chi connectivity index (χ4v) is 5.28. The highest BCUT2D eigenvalue weighted by Gasteiger charge is 2.52. The van der Waals surface area contributed by atoms with Gasteiger partial charge in [0.15, 0.2) is 17.8 Å². The maximum Gasteiger partial charge on any atom is 0.435 e. The summed E-state index contributed by atoms with van der Waals surface area (Å²) in [4.78, 5) is 20.6. The fraction of sp³-hybridized carbons (Fsp3) is 0.500. The minimum absolute atomic E-state index is 0.00335. The molecule has 2 aliphatic heterocycles. The van der Waals surface area contributed by atoms with Crippen molar-refractivity contribution in [1.82, 2.24) is 30.6 Å². The van der Waals surface area contributed by atoms with E-state index in [9.17, 15) is 23.1 Å². The maximum atomic E-state index is 14.1. The zero-order valence-corrected chi connectivity index (χ0v) is 26.0. The van der Waals surface area contributed by atoms with Crippen LogP contribution in [0.25, 0.3) is 5.69 Å². The lowest BCUT2D eigenvalue weighted by molar-refractivity contribution is -0.313. The van der Waals surface area contributed by atoms with Crippen molar-refractivity contribution in [3.05, 3.63) is 69.5 Å². The Kier molecular flexibility index (Phi) is 9.04. The van der Waals surface area contributed by atoms with Crippen molar-refractivity contribution in [3.8, 4) is 5.69 Å². The largest absolute Gasteiger partial charge is 0.443 e. The number of aliphatic hydroxyl groups excluding tert-OH is 1. The highest BCUT2D eigenvalue weighted by atomic mass is 79.9. The number of amides is 1. The van der Waals surface area contributed by atoms with Gasteiger partial charge in [0.25, 0.3) is 0 Å². The van der Waals surface area contributed by atoms with Crippen LogP contribution in [-0.2, 0) is 25.1 Å². The summed E-state index contributed by atoms with van der Waals surface area (Å²) in [5.74, 6) is 0.00479. The molecule has 0 radical (unpaired) electrons. The molecule has 6 atom stereocenters. The van der Waals surface area contributed by atoms with Crippen molar-refractivity contribution in [1.29, 1.82) is 0 Å². The van der Waals surface area contributed by atoms with Crippen LogP contribution in [0.3, 0.4) is 0 Å². The van der Waals surface area contributed by atoms with E-state index in [1.165, 1.54) is 19.9 Å². The molecule has 1 amide bonds. The van der Waals surface area contributed by atoms with E-state index in [2.05, 4.69) is 41.8 Å². The van der Waals surface area contributed by atoms with Gasteiger partial charge in [-0.3, -0.25) is 5.43 Å². The number of hydrogen-bond donors (Lipinski definition) is 3. The summed E-state index contributed by atoms with van der Waals surface area (Å²) >= 11 is 3.25. The summed E-state index contributed by atoms with van der Waals surface area (Å²) in [6.07, 6.45) is -11.0. The molecule has 238 valence electrons. The first kappa shape index (κ1) is 32.2. The lowest BCUT2D eigenvalue weighted by Gasteiger charge is -2.48. The lowest BCUT2D eigenvalue weighted by Crippen LogP contribution is -2.66. The lowest BCUT2D eigenvalue weighted by atomic mass is 9.91. The number of hydrogen-bond acceptors (Lipinski definition) is 10. The Labute approximate surface area is 259 Å². The van der Waals surface area contributed by atoms with Crippen LogP contribution in [0.4, 0.5) is 18.0 Å². The molecule has 2 aliphatic rings. The van der Waals surface area contributed by atoms with Crippen LogP contribution < -0.4 is 10.9 Å². The number of nitrogens with zero attached hydrogens (tertiary/aromatic N) is 4. The zero-order valence-electron chi connectivity index (χ0n) is 24.4. The van der Waals surface area contributed by atoms with Gasteiger partial charge in [-0.1, -0.05) is 30.3 Å². The smallest absolute Gasteiger partial charge is 0.435 e. The number of aryl methyl sites for hydroxylation is 2. The Morgan fingerprint density at radius 2 is 1.84 bits per heavy atom. The number of aliphatic hydroxyl groups is 1. The predicted molar refractivity (Wildman–Crippen MR) is 151 cm³/mol. The third-order valence-electron chi connectivity index (χ3n) is 6.84. The number of carbonyl (C=O) groups is 1. The zero-order chi connectivity index (χ0) is 32.0. The van der Waals surface area contributed by atoms with Gasteiger partial charge in [0.2, 0.25) is 0 Å². The van der Waals surface area contributed by atoms with Gasteiger partial charge in [0.1, 0.15) is 35.8 Å². The molecule has 0 bridgehead atoms. The highest BCUT2D eigenvalue weighted by Crippen LogP contribution is 2.41. The van der Waals surface area contributed by atoms with Crippen LogP contribution in [0.2, 0.25) is 0 Å². The van der Waals surface area contributed by atoms with Crippen LogP contribution in [-0.4, -0.2) is 67.5 Å². The quantitative estimate of drug-likeness (QED) is 0.332. The van der Waals surface area contributed by atoms with Gasteiger partial charge in [-0.15, -0.1) is 0 Å². The van der Waals surface area contributed by atoms with E-state index < -0.39 is 66.0 Å². The van der Waals surface area contributed by atoms with E-state index in [1.54, 1.807) is 20.8 Å². The molecule has 4 heterocycles. The third kappa shape index (κ3) is 6.89. The monoisotopic (exact) mass is 684 g/mol. The van der Waals surface area contributed by atoms with Gasteiger partial charge in [-0.05, 0) is 56.6 Å². The van der Waals surface area contributed by atoms with Crippen molar-refractivity contribution in [3.63, 3.8) is 0 Å². The number of aromatic nitrogens is 4. The van der Waals surface area contributed by atoms with Gasteiger partial charge in [0, 0.05) is 10.0 Å². The van der Waals surface area contributed by atoms with Gasteiger partial charge >= 0.3 is 12.3 Å². The maximum absolute atomic E-state index is 14.1. The van der Waals surface area contributed by atoms with Crippen LogP contribution in [0.15, 0.2) is 40.9 Å². The number of carbonyl (C=O) groups excluding carboxylic acids is 1. The second-order valence-corrected chi connectivity index (χ2v) is 12.3. The topological polar surface area (TPSA) is 142 Å². The van der Waals surface area contributed by atoms with Gasteiger partial charge in [0.05, 0.1) is 24.0 Å². The first-order chi connectivity index (χ1) is 20.6. The molecule has 12 nitrogen and oxygen atoms in total. The molecule has 5 rings (SSSR count). The average molecular weight is 685 g/mol. The van der Waals surface area contributed by atoms with E-state index in [-0.39, 0.29) is 23.9 Å². The molecule has 44 heavy (non-hydrogen) atoms. The summed E-state index contributed by atoms with van der Waals surface area (Å²) in [6.45, 7) is 8.00. The molecule has 3 N–H and O–H groups in total. The molecule has 0 spiro atoms. The van der Waals surface area contributed by atoms with Gasteiger partial charge < -0.3 is 24.1 Å². The Hall–Kier alpha value is -3.15. The summed E-state index contributed by atoms with van der Waals surface area (Å²) < 4.78 is 67.4. The summed E-state index contributed by atoms with van der Waals surface area (Å²) in [7, 11) is 0. The van der Waals surface area contributed by atoms with E-state index in [1.807, 2.05) is 30.3 Å². The van der Waals surface area contributed by atoms with Crippen LogP contribution in [0, 0.1) is 13.8 Å². The van der Waals surface area contributed by atoms with Crippen molar-refractivity contribution in [2.24, 2.45) is 0 Å². The molecule has 0 saturated carbocycles. The molecule has 1 unspecified atom stereocenters. The summed E-state index contributed by atoms with van der Waals surface area (Å²) in [6, 6.07) is 9.28. The van der Waals surface area contributed by atoms with Gasteiger partial charge in [-0.2, -0.15) is 18.3 Å². The van der Waals surface area contributed by atoms with Crippen molar-refractivity contribution in [2.75, 3.05) is 6.61 Å². The molecule has 2 fully saturated rings. The normalized spacial score (nSPS) is 25.8. The first-order valence-electron chi connectivity index (χ1n) is 13.7. The van der Waals surface area contributed by atoms with Crippen LogP contribution in [0.5, 0.6) is 0 Å². The second kappa shape index (κ2) is 12.3. The molecular weight excluding hydrogens is 653 g/mol. The third-order valence-corrected chi connectivity index (χ3v) is 7.65. The molecule has 0 aliphatic carbocycles.